The molecule has 0 fully saturated rings. The van der Waals surface area contributed by atoms with Crippen molar-refractivity contribution in [1.29, 1.82) is 0 Å². The maximum atomic E-state index is 14.6. The van der Waals surface area contributed by atoms with Crippen LogP contribution >= 0.6 is 0 Å². The molecule has 45 heavy (non-hydrogen) atoms. The molecule has 0 heterocycles. The molecular weight excluding hydrogens is 586 g/mol. The Kier molecular flexibility index (Phi) is 11.4. The minimum absolute atomic E-state index is 0.0430. The number of aryl methyl sites for hydroxylation is 1. The van der Waals surface area contributed by atoms with Crippen LogP contribution in [0.3, 0.4) is 0 Å². The standard InChI is InChI=1S/C36H41N3O5S/c1-5-28(3)37-36(41)34(23-29-16-8-6-9-17-29)38(25-30-18-13-12-15-27(30)2)35(40)26-39(31-19-14-20-32(24-31)44-4)45(42,43)33-21-10-7-11-22-33/h6-22,24,28,34H,5,23,25-26H2,1-4H3,(H,37,41)/t28-,34-/m1/s1. The van der Waals surface area contributed by atoms with E-state index in [4.69, 9.17) is 4.74 Å². The predicted octanol–water partition coefficient (Wildman–Crippen LogP) is 5.75. The van der Waals surface area contributed by atoms with Gasteiger partial charge in [-0.05, 0) is 61.2 Å². The van der Waals surface area contributed by atoms with Gasteiger partial charge in [-0.25, -0.2) is 8.42 Å². The van der Waals surface area contributed by atoms with E-state index in [9.17, 15) is 18.0 Å². The Morgan fingerprint density at radius 1 is 0.867 bits per heavy atom. The van der Waals surface area contributed by atoms with Gasteiger partial charge in [0.1, 0.15) is 18.3 Å². The van der Waals surface area contributed by atoms with Crippen molar-refractivity contribution in [3.8, 4) is 5.75 Å². The number of hydrogen-bond acceptors (Lipinski definition) is 5. The quantitative estimate of drug-likeness (QED) is 0.192. The molecule has 0 spiro atoms. The van der Waals surface area contributed by atoms with E-state index in [1.165, 1.54) is 24.1 Å². The van der Waals surface area contributed by atoms with E-state index in [2.05, 4.69) is 5.32 Å². The highest BCUT2D eigenvalue weighted by atomic mass is 32.2. The third kappa shape index (κ3) is 8.51. The molecule has 2 atom stereocenters. The highest BCUT2D eigenvalue weighted by molar-refractivity contribution is 7.92. The zero-order valence-corrected chi connectivity index (χ0v) is 27.0. The van der Waals surface area contributed by atoms with Gasteiger partial charge in [-0.3, -0.25) is 13.9 Å². The van der Waals surface area contributed by atoms with Crippen LogP contribution in [0, 0.1) is 6.92 Å². The molecule has 0 bridgehead atoms. The topological polar surface area (TPSA) is 96.0 Å². The van der Waals surface area contributed by atoms with E-state index in [0.717, 1.165) is 21.0 Å². The van der Waals surface area contributed by atoms with Gasteiger partial charge in [0, 0.05) is 25.1 Å². The maximum Gasteiger partial charge on any atom is 0.264 e. The molecule has 0 radical (unpaired) electrons. The maximum absolute atomic E-state index is 14.6. The van der Waals surface area contributed by atoms with Crippen molar-refractivity contribution in [2.45, 2.75) is 57.1 Å². The third-order valence-electron chi connectivity index (χ3n) is 7.83. The summed E-state index contributed by atoms with van der Waals surface area (Å²) in [7, 11) is -2.69. The number of ether oxygens (including phenoxy) is 1. The van der Waals surface area contributed by atoms with Gasteiger partial charge < -0.3 is 15.0 Å². The highest BCUT2D eigenvalue weighted by Gasteiger charge is 2.35. The fourth-order valence-corrected chi connectivity index (χ4v) is 6.41. The number of nitrogens with zero attached hydrogens (tertiary/aromatic N) is 2. The molecule has 0 saturated carbocycles. The van der Waals surface area contributed by atoms with E-state index >= 15 is 0 Å². The van der Waals surface area contributed by atoms with E-state index in [-0.39, 0.29) is 35.5 Å². The summed E-state index contributed by atoms with van der Waals surface area (Å²) in [6, 6.07) is 30.8. The van der Waals surface area contributed by atoms with Gasteiger partial charge in [0.2, 0.25) is 11.8 Å². The van der Waals surface area contributed by atoms with E-state index in [0.29, 0.717) is 12.2 Å². The average molecular weight is 628 g/mol. The first-order valence-electron chi connectivity index (χ1n) is 15.0. The fourth-order valence-electron chi connectivity index (χ4n) is 4.98. The van der Waals surface area contributed by atoms with Gasteiger partial charge >= 0.3 is 0 Å². The van der Waals surface area contributed by atoms with Gasteiger partial charge in [-0.15, -0.1) is 0 Å². The SMILES string of the molecule is CC[C@@H](C)NC(=O)[C@@H](Cc1ccccc1)N(Cc1ccccc1C)C(=O)CN(c1cccc(OC)c1)S(=O)(=O)c1ccccc1. The molecule has 0 unspecified atom stereocenters. The predicted molar refractivity (Wildman–Crippen MR) is 178 cm³/mol. The molecule has 8 nitrogen and oxygen atoms in total. The fraction of sp³-hybridized carbons (Fsp3) is 0.278. The molecule has 0 aliphatic carbocycles. The van der Waals surface area contributed by atoms with Crippen LogP contribution in [0.25, 0.3) is 0 Å². The first kappa shape index (κ1) is 33.3. The molecule has 9 heteroatoms. The summed E-state index contributed by atoms with van der Waals surface area (Å²) in [6.45, 7) is 5.44. The van der Waals surface area contributed by atoms with Crippen molar-refractivity contribution in [3.05, 3.63) is 126 Å². The lowest BCUT2D eigenvalue weighted by atomic mass is 10.0. The zero-order chi connectivity index (χ0) is 32.4. The van der Waals surface area contributed by atoms with Gasteiger partial charge in [0.15, 0.2) is 0 Å². The number of benzene rings is 4. The normalized spacial score (nSPS) is 12.5. The summed E-state index contributed by atoms with van der Waals surface area (Å²) >= 11 is 0. The number of sulfonamides is 1. The summed E-state index contributed by atoms with van der Waals surface area (Å²) in [5.74, 6) is -0.366. The van der Waals surface area contributed by atoms with Crippen LogP contribution in [0.5, 0.6) is 5.75 Å². The third-order valence-corrected chi connectivity index (χ3v) is 9.61. The number of methoxy groups -OCH3 is 1. The molecule has 0 aliphatic heterocycles. The van der Waals surface area contributed by atoms with Crippen LogP contribution in [-0.2, 0) is 32.6 Å². The highest BCUT2D eigenvalue weighted by Crippen LogP contribution is 2.28. The number of amides is 2. The van der Waals surface area contributed by atoms with Crippen LogP contribution in [-0.4, -0.2) is 50.9 Å². The van der Waals surface area contributed by atoms with Crippen LogP contribution < -0.4 is 14.4 Å². The Morgan fingerprint density at radius 2 is 1.51 bits per heavy atom. The first-order valence-corrected chi connectivity index (χ1v) is 16.5. The summed E-state index contributed by atoms with van der Waals surface area (Å²) in [5.41, 5.74) is 2.97. The molecule has 236 valence electrons. The lowest BCUT2D eigenvalue weighted by molar-refractivity contribution is -0.140. The Bertz CT molecular complexity index is 1680. The summed E-state index contributed by atoms with van der Waals surface area (Å²) < 4.78 is 34.7. The van der Waals surface area contributed by atoms with Gasteiger partial charge in [0.25, 0.3) is 10.0 Å². The van der Waals surface area contributed by atoms with Gasteiger partial charge in [-0.2, -0.15) is 0 Å². The van der Waals surface area contributed by atoms with Crippen molar-refractivity contribution in [2.24, 2.45) is 0 Å². The van der Waals surface area contributed by atoms with Crippen LogP contribution in [0.1, 0.15) is 37.0 Å². The molecule has 4 aromatic carbocycles. The number of rotatable bonds is 14. The number of carbonyl (C=O) groups excluding carboxylic acids is 2. The molecule has 0 aliphatic rings. The molecule has 0 aromatic heterocycles. The largest absolute Gasteiger partial charge is 0.497 e. The van der Waals surface area contributed by atoms with Crippen molar-refractivity contribution in [1.82, 2.24) is 10.2 Å². The second-order valence-electron chi connectivity index (χ2n) is 11.0. The number of carbonyl (C=O) groups is 2. The van der Waals surface area contributed by atoms with Crippen LogP contribution in [0.4, 0.5) is 5.69 Å². The molecule has 1 N–H and O–H groups in total. The Hall–Kier alpha value is -4.63. The average Bonchev–Trinajstić information content (AvgIpc) is 3.06. The summed E-state index contributed by atoms with van der Waals surface area (Å²) in [6.07, 6.45) is 0.972. The summed E-state index contributed by atoms with van der Waals surface area (Å²) in [5, 5.41) is 3.06. The lowest BCUT2D eigenvalue weighted by Gasteiger charge is -2.34. The smallest absolute Gasteiger partial charge is 0.264 e. The zero-order valence-electron chi connectivity index (χ0n) is 26.2. The van der Waals surface area contributed by atoms with E-state index in [1.807, 2.05) is 75.4 Å². The minimum atomic E-state index is -4.19. The van der Waals surface area contributed by atoms with Gasteiger partial charge in [0.05, 0.1) is 17.7 Å². The molecule has 4 rings (SSSR count). The lowest BCUT2D eigenvalue weighted by Crippen LogP contribution is -2.54. The van der Waals surface area contributed by atoms with E-state index < -0.39 is 28.5 Å². The second-order valence-corrected chi connectivity index (χ2v) is 12.9. The monoisotopic (exact) mass is 627 g/mol. The molecule has 4 aromatic rings. The van der Waals surface area contributed by atoms with Crippen LogP contribution in [0.2, 0.25) is 0 Å². The van der Waals surface area contributed by atoms with Crippen molar-refractivity contribution < 1.29 is 22.7 Å². The van der Waals surface area contributed by atoms with E-state index in [1.54, 1.807) is 42.5 Å². The molecular formula is C36H41N3O5S. The summed E-state index contributed by atoms with van der Waals surface area (Å²) in [4.78, 5) is 30.1. The Labute approximate surface area is 266 Å². The van der Waals surface area contributed by atoms with Crippen molar-refractivity contribution in [2.75, 3.05) is 18.0 Å². The minimum Gasteiger partial charge on any atom is -0.497 e. The van der Waals surface area contributed by atoms with Crippen LogP contribution in [0.15, 0.2) is 114 Å². The molecule has 0 saturated heterocycles. The van der Waals surface area contributed by atoms with Crippen molar-refractivity contribution in [3.63, 3.8) is 0 Å². The first-order chi connectivity index (χ1) is 21.6. The van der Waals surface area contributed by atoms with Gasteiger partial charge in [-0.1, -0.05) is 85.8 Å². The number of hydrogen-bond donors (Lipinski definition) is 1. The number of anilines is 1. The Morgan fingerprint density at radius 3 is 2.16 bits per heavy atom. The second kappa shape index (κ2) is 15.4. The van der Waals surface area contributed by atoms with Crippen molar-refractivity contribution >= 4 is 27.5 Å². The Balaban J connectivity index is 1.82. The molecule has 2 amide bonds. The number of nitrogens with one attached hydrogen (secondary N) is 1.